The summed E-state index contributed by atoms with van der Waals surface area (Å²) in [5.41, 5.74) is 3.85. The van der Waals surface area contributed by atoms with Gasteiger partial charge in [0.2, 0.25) is 0 Å². The number of aromatic carboxylic acids is 1. The molecule has 1 aromatic heterocycles. The van der Waals surface area contributed by atoms with Crippen molar-refractivity contribution in [2.45, 2.75) is 25.8 Å². The highest BCUT2D eigenvalue weighted by Crippen LogP contribution is 2.23. The number of thioether (sulfide) groups is 1. The number of ketones is 1. The Hall–Kier alpha value is -2.14. The summed E-state index contributed by atoms with van der Waals surface area (Å²) in [7, 11) is 0. The second kappa shape index (κ2) is 6.75. The summed E-state index contributed by atoms with van der Waals surface area (Å²) in [4.78, 5) is 27.7. The molecule has 0 saturated heterocycles. The van der Waals surface area contributed by atoms with Gasteiger partial charge >= 0.3 is 5.97 Å². The first-order valence-corrected chi connectivity index (χ1v) is 7.81. The van der Waals surface area contributed by atoms with Gasteiger partial charge in [0.15, 0.2) is 5.78 Å². The van der Waals surface area contributed by atoms with Crippen LogP contribution in [-0.4, -0.2) is 27.6 Å². The van der Waals surface area contributed by atoms with Crippen molar-refractivity contribution >= 4 is 23.5 Å². The maximum atomic E-state index is 12.5. The van der Waals surface area contributed by atoms with Crippen molar-refractivity contribution in [3.8, 4) is 0 Å². The Morgan fingerprint density at radius 1 is 1.18 bits per heavy atom. The lowest BCUT2D eigenvalue weighted by Crippen LogP contribution is -2.09. The van der Waals surface area contributed by atoms with Crippen LogP contribution in [-0.2, 0) is 0 Å². The zero-order valence-electron chi connectivity index (χ0n) is 12.7. The van der Waals surface area contributed by atoms with E-state index in [1.54, 1.807) is 6.07 Å². The lowest BCUT2D eigenvalue weighted by Gasteiger charge is -2.10. The van der Waals surface area contributed by atoms with Crippen molar-refractivity contribution in [3.63, 3.8) is 0 Å². The Morgan fingerprint density at radius 3 is 2.41 bits per heavy atom. The van der Waals surface area contributed by atoms with Crippen LogP contribution in [0.5, 0.6) is 0 Å². The first-order chi connectivity index (χ1) is 10.4. The fraction of sp³-hybridized carbons (Fsp3) is 0.235. The summed E-state index contributed by atoms with van der Waals surface area (Å²) >= 11 is 1.16. The Bertz CT molecular complexity index is 717. The maximum Gasteiger partial charge on any atom is 0.338 e. The van der Waals surface area contributed by atoms with E-state index in [-0.39, 0.29) is 17.1 Å². The molecule has 5 heteroatoms. The van der Waals surface area contributed by atoms with E-state index in [0.717, 1.165) is 28.5 Å². The number of pyridine rings is 1. The van der Waals surface area contributed by atoms with Crippen molar-refractivity contribution in [1.82, 2.24) is 4.98 Å². The van der Waals surface area contributed by atoms with Gasteiger partial charge in [-0.2, -0.15) is 0 Å². The van der Waals surface area contributed by atoms with E-state index in [0.29, 0.717) is 10.6 Å². The number of aryl methyl sites for hydroxylation is 3. The number of aromatic nitrogens is 1. The summed E-state index contributed by atoms with van der Waals surface area (Å²) in [6.45, 7) is 5.83. The first kappa shape index (κ1) is 16.2. The van der Waals surface area contributed by atoms with Gasteiger partial charge in [-0.1, -0.05) is 29.5 Å². The van der Waals surface area contributed by atoms with Gasteiger partial charge in [0, 0.05) is 11.8 Å². The number of carbonyl (C=O) groups is 2. The number of rotatable bonds is 5. The van der Waals surface area contributed by atoms with E-state index in [1.807, 2.05) is 32.9 Å². The first-order valence-electron chi connectivity index (χ1n) is 6.82. The third-order valence-electron chi connectivity index (χ3n) is 3.30. The molecule has 0 atom stereocenters. The van der Waals surface area contributed by atoms with Gasteiger partial charge < -0.3 is 5.11 Å². The predicted octanol–water partition coefficient (Wildman–Crippen LogP) is 3.68. The molecule has 1 aromatic carbocycles. The van der Waals surface area contributed by atoms with Crippen LogP contribution in [0, 0.1) is 20.8 Å². The van der Waals surface area contributed by atoms with E-state index in [1.165, 1.54) is 12.3 Å². The molecule has 0 unspecified atom stereocenters. The molecule has 0 fully saturated rings. The number of carboxylic acid groups (broad SMARTS) is 1. The summed E-state index contributed by atoms with van der Waals surface area (Å²) < 4.78 is 0. The Balaban J connectivity index is 2.20. The Morgan fingerprint density at radius 2 is 1.82 bits per heavy atom. The number of carbonyl (C=O) groups excluding carboxylic acids is 1. The molecule has 0 aliphatic heterocycles. The largest absolute Gasteiger partial charge is 0.478 e. The van der Waals surface area contributed by atoms with Crippen LogP contribution in [0.15, 0.2) is 35.5 Å². The van der Waals surface area contributed by atoms with Crippen molar-refractivity contribution in [2.75, 3.05) is 5.75 Å². The van der Waals surface area contributed by atoms with Crippen LogP contribution < -0.4 is 0 Å². The van der Waals surface area contributed by atoms with Gasteiger partial charge in [-0.25, -0.2) is 9.78 Å². The molecule has 0 radical (unpaired) electrons. The molecule has 0 amide bonds. The fourth-order valence-electron chi connectivity index (χ4n) is 2.49. The van der Waals surface area contributed by atoms with Gasteiger partial charge in [-0.15, -0.1) is 0 Å². The van der Waals surface area contributed by atoms with Crippen LogP contribution in [0.1, 0.15) is 37.4 Å². The van der Waals surface area contributed by atoms with Crippen LogP contribution in [0.2, 0.25) is 0 Å². The number of hydrogen-bond donors (Lipinski definition) is 1. The van der Waals surface area contributed by atoms with E-state index in [2.05, 4.69) is 4.98 Å². The molecule has 0 bridgehead atoms. The second-order valence-corrected chi connectivity index (χ2v) is 6.11. The smallest absolute Gasteiger partial charge is 0.338 e. The minimum Gasteiger partial charge on any atom is -0.478 e. The van der Waals surface area contributed by atoms with Crippen LogP contribution >= 0.6 is 11.8 Å². The van der Waals surface area contributed by atoms with Crippen LogP contribution in [0.4, 0.5) is 0 Å². The Labute approximate surface area is 133 Å². The van der Waals surface area contributed by atoms with E-state index < -0.39 is 5.97 Å². The van der Waals surface area contributed by atoms with Gasteiger partial charge in [0.05, 0.1) is 11.3 Å². The van der Waals surface area contributed by atoms with Crippen LogP contribution in [0.25, 0.3) is 0 Å². The normalized spacial score (nSPS) is 10.5. The number of benzene rings is 1. The molecule has 4 nitrogen and oxygen atoms in total. The number of hydrogen-bond acceptors (Lipinski definition) is 4. The third-order valence-corrected chi connectivity index (χ3v) is 4.30. The van der Waals surface area contributed by atoms with Gasteiger partial charge in [0.1, 0.15) is 5.03 Å². The monoisotopic (exact) mass is 315 g/mol. The number of Topliss-reactive ketones (excluding diaryl/α,β-unsaturated/α-hetero) is 1. The van der Waals surface area contributed by atoms with Crippen LogP contribution in [0.3, 0.4) is 0 Å². The molecule has 1 N–H and O–H groups in total. The van der Waals surface area contributed by atoms with E-state index in [9.17, 15) is 9.59 Å². The van der Waals surface area contributed by atoms with E-state index >= 15 is 0 Å². The number of carboxylic acids is 1. The molecule has 0 spiro atoms. The van der Waals surface area contributed by atoms with Crippen molar-refractivity contribution in [2.24, 2.45) is 0 Å². The van der Waals surface area contributed by atoms with Crippen molar-refractivity contribution in [3.05, 3.63) is 58.3 Å². The molecule has 1 heterocycles. The second-order valence-electron chi connectivity index (χ2n) is 5.15. The van der Waals surface area contributed by atoms with Crippen molar-refractivity contribution < 1.29 is 14.7 Å². The lowest BCUT2D eigenvalue weighted by molar-refractivity contribution is 0.0692. The third kappa shape index (κ3) is 3.54. The molecular weight excluding hydrogens is 298 g/mol. The SMILES string of the molecule is Cc1cc(C)c(C(=O)CSc2ncccc2C(=O)O)c(C)c1. The van der Waals surface area contributed by atoms with E-state index in [4.69, 9.17) is 5.11 Å². The minimum atomic E-state index is -1.04. The standard InChI is InChI=1S/C17H17NO3S/c1-10-7-11(2)15(12(3)8-10)14(19)9-22-16-13(17(20)21)5-4-6-18-16/h4-8H,9H2,1-3H3,(H,20,21). The summed E-state index contributed by atoms with van der Waals surface area (Å²) in [6, 6.07) is 7.02. The zero-order valence-corrected chi connectivity index (χ0v) is 13.5. The van der Waals surface area contributed by atoms with Gasteiger partial charge in [-0.3, -0.25) is 4.79 Å². The average Bonchev–Trinajstić information content (AvgIpc) is 2.44. The van der Waals surface area contributed by atoms with Gasteiger partial charge in [-0.05, 0) is 44.0 Å². The highest BCUT2D eigenvalue weighted by atomic mass is 32.2. The lowest BCUT2D eigenvalue weighted by atomic mass is 9.97. The quantitative estimate of drug-likeness (QED) is 0.673. The Kier molecular flexibility index (Phi) is 4.98. The molecule has 2 aromatic rings. The van der Waals surface area contributed by atoms with Gasteiger partial charge in [0.25, 0.3) is 0 Å². The molecule has 0 saturated carbocycles. The average molecular weight is 315 g/mol. The molecule has 22 heavy (non-hydrogen) atoms. The molecule has 0 aliphatic carbocycles. The molecule has 2 rings (SSSR count). The molecular formula is C17H17NO3S. The summed E-state index contributed by atoms with van der Waals surface area (Å²) in [6.07, 6.45) is 1.53. The minimum absolute atomic E-state index is 0.0120. The van der Waals surface area contributed by atoms with Crippen molar-refractivity contribution in [1.29, 1.82) is 0 Å². The maximum absolute atomic E-state index is 12.5. The molecule has 114 valence electrons. The fourth-order valence-corrected chi connectivity index (χ4v) is 3.35. The zero-order chi connectivity index (χ0) is 16.3. The topological polar surface area (TPSA) is 67.3 Å². The highest BCUT2D eigenvalue weighted by molar-refractivity contribution is 8.00. The summed E-state index contributed by atoms with van der Waals surface area (Å²) in [5, 5.41) is 9.49. The predicted molar refractivity (Wildman–Crippen MR) is 86.9 cm³/mol. The summed E-state index contributed by atoms with van der Waals surface area (Å²) in [5.74, 6) is -0.880. The molecule has 0 aliphatic rings. The number of nitrogens with zero attached hydrogens (tertiary/aromatic N) is 1. The highest BCUT2D eigenvalue weighted by Gasteiger charge is 2.16.